The molecular formula is C14H17N3OS. The average molecular weight is 275 g/mol. The highest BCUT2D eigenvalue weighted by Gasteiger charge is 2.37. The molecule has 2 aromatic heterocycles. The highest BCUT2D eigenvalue weighted by atomic mass is 32.1. The number of thiophene rings is 1. The average Bonchev–Trinajstić information content (AvgIpc) is 2.90. The van der Waals surface area contributed by atoms with Crippen LogP contribution in [0.15, 0.2) is 18.5 Å². The zero-order valence-corrected chi connectivity index (χ0v) is 12.0. The molecule has 0 saturated carbocycles. The summed E-state index contributed by atoms with van der Waals surface area (Å²) < 4.78 is 0.973. The van der Waals surface area contributed by atoms with Gasteiger partial charge in [0.1, 0.15) is 4.88 Å². The highest BCUT2D eigenvalue weighted by molar-refractivity contribution is 7.21. The van der Waals surface area contributed by atoms with E-state index in [0.717, 1.165) is 29.5 Å². The van der Waals surface area contributed by atoms with Crippen molar-refractivity contribution in [2.45, 2.75) is 32.2 Å². The number of hydrogen-bond acceptors (Lipinski definition) is 4. The van der Waals surface area contributed by atoms with E-state index in [4.69, 9.17) is 5.73 Å². The van der Waals surface area contributed by atoms with E-state index in [0.29, 0.717) is 10.6 Å². The molecule has 0 radical (unpaired) electrons. The van der Waals surface area contributed by atoms with Gasteiger partial charge in [0.25, 0.3) is 5.91 Å². The van der Waals surface area contributed by atoms with Gasteiger partial charge in [-0.2, -0.15) is 0 Å². The van der Waals surface area contributed by atoms with E-state index in [9.17, 15) is 4.79 Å². The SMILES string of the molecule is CC1(C)CCCN1C(=O)c1sc2cnccc2c1N. The lowest BCUT2D eigenvalue weighted by molar-refractivity contribution is 0.0658. The van der Waals surface area contributed by atoms with Crippen molar-refractivity contribution in [3.05, 3.63) is 23.3 Å². The maximum atomic E-state index is 12.7. The minimum absolute atomic E-state index is 0.0567. The molecule has 0 spiro atoms. The van der Waals surface area contributed by atoms with Gasteiger partial charge in [-0.1, -0.05) is 0 Å². The zero-order valence-electron chi connectivity index (χ0n) is 11.1. The van der Waals surface area contributed by atoms with Gasteiger partial charge in [0, 0.05) is 29.9 Å². The van der Waals surface area contributed by atoms with Crippen LogP contribution in [0.1, 0.15) is 36.4 Å². The number of nitrogen functional groups attached to an aromatic ring is 1. The Morgan fingerprint density at radius 3 is 2.95 bits per heavy atom. The first kappa shape index (κ1) is 12.4. The molecule has 0 atom stereocenters. The maximum absolute atomic E-state index is 12.7. The minimum atomic E-state index is -0.0715. The summed E-state index contributed by atoms with van der Waals surface area (Å²) in [5.41, 5.74) is 6.65. The topological polar surface area (TPSA) is 59.2 Å². The van der Waals surface area contributed by atoms with E-state index in [-0.39, 0.29) is 11.4 Å². The first-order valence-corrected chi connectivity index (χ1v) is 7.26. The largest absolute Gasteiger partial charge is 0.397 e. The van der Waals surface area contributed by atoms with Crippen LogP contribution in [0.4, 0.5) is 5.69 Å². The molecular weight excluding hydrogens is 258 g/mol. The van der Waals surface area contributed by atoms with Gasteiger partial charge in [-0.3, -0.25) is 9.78 Å². The van der Waals surface area contributed by atoms with Crippen LogP contribution in [0.3, 0.4) is 0 Å². The summed E-state index contributed by atoms with van der Waals surface area (Å²) in [4.78, 5) is 19.4. The van der Waals surface area contributed by atoms with Crippen LogP contribution in [0.25, 0.3) is 10.1 Å². The van der Waals surface area contributed by atoms with Gasteiger partial charge >= 0.3 is 0 Å². The van der Waals surface area contributed by atoms with Crippen molar-refractivity contribution in [3.8, 4) is 0 Å². The zero-order chi connectivity index (χ0) is 13.6. The summed E-state index contributed by atoms with van der Waals surface area (Å²) in [5.74, 6) is 0.0567. The second-order valence-corrected chi connectivity index (χ2v) is 6.64. The Labute approximate surface area is 116 Å². The smallest absolute Gasteiger partial charge is 0.266 e. The summed E-state index contributed by atoms with van der Waals surface area (Å²) in [6, 6.07) is 1.87. The van der Waals surface area contributed by atoms with Gasteiger partial charge in [-0.05, 0) is 32.8 Å². The Bertz CT molecular complexity index is 647. The van der Waals surface area contributed by atoms with Crippen LogP contribution < -0.4 is 5.73 Å². The van der Waals surface area contributed by atoms with Gasteiger partial charge in [0.15, 0.2) is 0 Å². The van der Waals surface area contributed by atoms with Crippen LogP contribution >= 0.6 is 11.3 Å². The number of carbonyl (C=O) groups excluding carboxylic acids is 1. The number of fused-ring (bicyclic) bond motifs is 1. The molecule has 1 amide bonds. The molecule has 0 bridgehead atoms. The number of pyridine rings is 1. The predicted molar refractivity (Wildman–Crippen MR) is 78.4 cm³/mol. The molecule has 3 rings (SSSR count). The van der Waals surface area contributed by atoms with Gasteiger partial charge in [0.2, 0.25) is 0 Å². The molecule has 0 aromatic carbocycles. The number of amides is 1. The summed E-state index contributed by atoms with van der Waals surface area (Å²) >= 11 is 1.44. The first-order valence-electron chi connectivity index (χ1n) is 6.45. The minimum Gasteiger partial charge on any atom is -0.397 e. The van der Waals surface area contributed by atoms with Crippen molar-refractivity contribution in [1.29, 1.82) is 0 Å². The Hall–Kier alpha value is -1.62. The van der Waals surface area contributed by atoms with E-state index in [1.807, 2.05) is 11.0 Å². The monoisotopic (exact) mass is 275 g/mol. The fourth-order valence-electron chi connectivity index (χ4n) is 2.74. The van der Waals surface area contributed by atoms with Crippen LogP contribution in [0.2, 0.25) is 0 Å². The fraction of sp³-hybridized carbons (Fsp3) is 0.429. The van der Waals surface area contributed by atoms with E-state index in [1.54, 1.807) is 12.4 Å². The van der Waals surface area contributed by atoms with E-state index in [2.05, 4.69) is 18.8 Å². The molecule has 1 fully saturated rings. The third kappa shape index (κ3) is 1.89. The summed E-state index contributed by atoms with van der Waals surface area (Å²) in [6.07, 6.45) is 5.58. The molecule has 100 valence electrons. The quantitative estimate of drug-likeness (QED) is 0.870. The molecule has 5 heteroatoms. The van der Waals surface area contributed by atoms with Crippen molar-refractivity contribution in [2.24, 2.45) is 0 Å². The fourth-order valence-corrected chi connectivity index (χ4v) is 3.78. The van der Waals surface area contributed by atoms with Crippen LogP contribution in [0.5, 0.6) is 0 Å². The molecule has 1 aliphatic heterocycles. The standard InChI is InChI=1S/C14H17N3OS/c1-14(2)5-3-7-17(14)13(18)12-11(15)9-4-6-16-8-10(9)19-12/h4,6,8H,3,5,7,15H2,1-2H3. The number of likely N-dealkylation sites (tertiary alicyclic amines) is 1. The van der Waals surface area contributed by atoms with Crippen molar-refractivity contribution >= 4 is 33.0 Å². The van der Waals surface area contributed by atoms with E-state index in [1.165, 1.54) is 11.3 Å². The molecule has 0 unspecified atom stereocenters. The molecule has 1 aliphatic rings. The molecule has 3 heterocycles. The molecule has 19 heavy (non-hydrogen) atoms. The van der Waals surface area contributed by atoms with Gasteiger partial charge in [-0.15, -0.1) is 11.3 Å². The van der Waals surface area contributed by atoms with E-state index >= 15 is 0 Å². The normalized spacial score (nSPS) is 18.1. The van der Waals surface area contributed by atoms with Crippen LogP contribution in [-0.4, -0.2) is 27.9 Å². The number of rotatable bonds is 1. The van der Waals surface area contributed by atoms with Crippen molar-refractivity contribution in [3.63, 3.8) is 0 Å². The maximum Gasteiger partial charge on any atom is 0.266 e. The Morgan fingerprint density at radius 2 is 2.32 bits per heavy atom. The summed E-state index contributed by atoms with van der Waals surface area (Å²) in [7, 11) is 0. The molecule has 4 nitrogen and oxygen atoms in total. The predicted octanol–water partition coefficient (Wildman–Crippen LogP) is 2.89. The van der Waals surface area contributed by atoms with Gasteiger partial charge in [0.05, 0.1) is 10.4 Å². The third-order valence-corrected chi connectivity index (χ3v) is 5.02. The number of anilines is 1. The van der Waals surface area contributed by atoms with Crippen molar-refractivity contribution in [1.82, 2.24) is 9.88 Å². The summed E-state index contributed by atoms with van der Waals surface area (Å²) in [6.45, 7) is 5.05. The van der Waals surface area contributed by atoms with Gasteiger partial charge < -0.3 is 10.6 Å². The Morgan fingerprint density at radius 1 is 1.53 bits per heavy atom. The Balaban J connectivity index is 2.05. The number of hydrogen-bond donors (Lipinski definition) is 1. The van der Waals surface area contributed by atoms with Crippen LogP contribution in [0, 0.1) is 0 Å². The Kier molecular flexibility index (Phi) is 2.74. The number of carbonyl (C=O) groups is 1. The second-order valence-electron chi connectivity index (χ2n) is 5.59. The lowest BCUT2D eigenvalue weighted by Gasteiger charge is -2.31. The number of aromatic nitrogens is 1. The highest BCUT2D eigenvalue weighted by Crippen LogP contribution is 2.37. The lowest BCUT2D eigenvalue weighted by atomic mass is 10.0. The van der Waals surface area contributed by atoms with Gasteiger partial charge in [-0.25, -0.2) is 0 Å². The van der Waals surface area contributed by atoms with E-state index < -0.39 is 0 Å². The molecule has 2 aromatic rings. The first-order chi connectivity index (χ1) is 9.00. The van der Waals surface area contributed by atoms with Crippen molar-refractivity contribution < 1.29 is 4.79 Å². The molecule has 0 aliphatic carbocycles. The molecule has 1 saturated heterocycles. The third-order valence-electron chi connectivity index (χ3n) is 3.87. The second kappa shape index (κ2) is 4.20. The van der Waals surface area contributed by atoms with Crippen LogP contribution in [-0.2, 0) is 0 Å². The molecule has 2 N–H and O–H groups in total. The number of nitrogens with two attached hydrogens (primary N) is 1. The number of nitrogens with zero attached hydrogens (tertiary/aromatic N) is 2. The lowest BCUT2D eigenvalue weighted by Crippen LogP contribution is -2.42. The van der Waals surface area contributed by atoms with Crippen molar-refractivity contribution in [2.75, 3.05) is 12.3 Å². The summed E-state index contributed by atoms with van der Waals surface area (Å²) in [5, 5.41) is 0.931.